The third-order valence-corrected chi connectivity index (χ3v) is 4.34. The van der Waals surface area contributed by atoms with Crippen molar-refractivity contribution in [2.24, 2.45) is 0 Å². The number of hydrogen-bond acceptors (Lipinski definition) is 4. The van der Waals surface area contributed by atoms with Gasteiger partial charge in [0.15, 0.2) is 5.65 Å². The van der Waals surface area contributed by atoms with E-state index in [1.165, 1.54) is 25.6 Å². The molecule has 4 rings (SSSR count). The Morgan fingerprint density at radius 1 is 1.07 bits per heavy atom. The summed E-state index contributed by atoms with van der Waals surface area (Å²) in [6, 6.07) is 11.6. The Hall–Kier alpha value is -3.42. The number of rotatable bonds is 2. The lowest BCUT2D eigenvalue weighted by molar-refractivity contribution is -0.137. The molecule has 2 aromatic heterocycles. The van der Waals surface area contributed by atoms with Gasteiger partial charge in [-0.25, -0.2) is 4.79 Å². The van der Waals surface area contributed by atoms with Gasteiger partial charge in [-0.2, -0.15) is 13.2 Å². The second-order valence-electron chi connectivity index (χ2n) is 5.92. The van der Waals surface area contributed by atoms with Crippen LogP contribution in [-0.4, -0.2) is 27.7 Å². The first-order chi connectivity index (χ1) is 12.9. The van der Waals surface area contributed by atoms with Gasteiger partial charge in [0, 0.05) is 5.39 Å². The first-order valence-corrected chi connectivity index (χ1v) is 7.91. The number of aromatic nitrogens is 3. The van der Waals surface area contributed by atoms with Crippen molar-refractivity contribution >= 4 is 22.5 Å². The molecule has 4 aromatic rings. The molecular weight excluding hydrogens is 359 g/mol. The zero-order valence-corrected chi connectivity index (χ0v) is 14.0. The van der Waals surface area contributed by atoms with E-state index in [0.29, 0.717) is 27.9 Å². The van der Waals surface area contributed by atoms with Crippen molar-refractivity contribution in [2.45, 2.75) is 6.18 Å². The van der Waals surface area contributed by atoms with E-state index >= 15 is 0 Å². The highest BCUT2D eigenvalue weighted by Crippen LogP contribution is 2.34. The third kappa shape index (κ3) is 2.88. The van der Waals surface area contributed by atoms with E-state index < -0.39 is 17.7 Å². The molecule has 5 nitrogen and oxygen atoms in total. The third-order valence-electron chi connectivity index (χ3n) is 4.34. The van der Waals surface area contributed by atoms with Crippen LogP contribution in [0, 0.1) is 0 Å². The predicted molar refractivity (Wildman–Crippen MR) is 92.3 cm³/mol. The van der Waals surface area contributed by atoms with Gasteiger partial charge >= 0.3 is 12.1 Å². The second kappa shape index (κ2) is 6.08. The number of esters is 1. The number of halogens is 3. The molecule has 0 amide bonds. The summed E-state index contributed by atoms with van der Waals surface area (Å²) in [7, 11) is 1.29. The van der Waals surface area contributed by atoms with Gasteiger partial charge in [0.2, 0.25) is 0 Å². The first-order valence-electron chi connectivity index (χ1n) is 7.91. The smallest absolute Gasteiger partial charge is 0.416 e. The van der Waals surface area contributed by atoms with Crippen LogP contribution >= 0.6 is 0 Å². The number of pyridine rings is 1. The normalized spacial score (nSPS) is 11.9. The number of fused-ring (bicyclic) bond motifs is 3. The van der Waals surface area contributed by atoms with Crippen LogP contribution in [0.3, 0.4) is 0 Å². The molecular formula is C19H12F3N3O2. The van der Waals surface area contributed by atoms with E-state index in [1.807, 2.05) is 0 Å². The van der Waals surface area contributed by atoms with Crippen LogP contribution in [0.2, 0.25) is 0 Å². The maximum Gasteiger partial charge on any atom is 0.416 e. The lowest BCUT2D eigenvalue weighted by Gasteiger charge is -2.12. The van der Waals surface area contributed by atoms with Gasteiger partial charge in [-0.3, -0.25) is 4.40 Å². The van der Waals surface area contributed by atoms with Gasteiger partial charge in [-0.05, 0) is 41.5 Å². The van der Waals surface area contributed by atoms with E-state index in [1.54, 1.807) is 28.7 Å². The van der Waals surface area contributed by atoms with Gasteiger partial charge in [0.1, 0.15) is 6.33 Å². The summed E-state index contributed by atoms with van der Waals surface area (Å²) >= 11 is 0. The van der Waals surface area contributed by atoms with Crippen molar-refractivity contribution in [3.63, 3.8) is 0 Å². The summed E-state index contributed by atoms with van der Waals surface area (Å²) in [5.74, 6) is -0.488. The molecule has 2 aromatic carbocycles. The predicted octanol–water partition coefficient (Wildman–Crippen LogP) is 4.35. The topological polar surface area (TPSA) is 56.5 Å². The first kappa shape index (κ1) is 17.0. The molecule has 0 fully saturated rings. The fourth-order valence-corrected chi connectivity index (χ4v) is 3.02. The van der Waals surface area contributed by atoms with Crippen molar-refractivity contribution in [1.29, 1.82) is 0 Å². The zero-order valence-electron chi connectivity index (χ0n) is 14.0. The minimum Gasteiger partial charge on any atom is -0.465 e. The van der Waals surface area contributed by atoms with Crippen LogP contribution in [0.25, 0.3) is 27.7 Å². The van der Waals surface area contributed by atoms with Crippen molar-refractivity contribution < 1.29 is 22.7 Å². The maximum atomic E-state index is 12.8. The van der Waals surface area contributed by atoms with Crippen LogP contribution < -0.4 is 0 Å². The highest BCUT2D eigenvalue weighted by atomic mass is 19.4. The molecule has 0 saturated heterocycles. The number of carbonyl (C=O) groups is 1. The Morgan fingerprint density at radius 3 is 2.48 bits per heavy atom. The monoisotopic (exact) mass is 371 g/mol. The highest BCUT2D eigenvalue weighted by molar-refractivity contribution is 6.01. The van der Waals surface area contributed by atoms with E-state index in [-0.39, 0.29) is 0 Å². The molecule has 0 N–H and O–H groups in total. The molecule has 0 spiro atoms. The molecule has 8 heteroatoms. The molecule has 0 unspecified atom stereocenters. The fraction of sp³-hybridized carbons (Fsp3) is 0.105. The Labute approximate surface area is 151 Å². The number of alkyl halides is 3. The van der Waals surface area contributed by atoms with Gasteiger partial charge in [0.25, 0.3) is 0 Å². The quantitative estimate of drug-likeness (QED) is 0.492. The lowest BCUT2D eigenvalue weighted by atomic mass is 9.98. The number of benzene rings is 2. The van der Waals surface area contributed by atoms with Gasteiger partial charge in [-0.1, -0.05) is 18.2 Å². The van der Waals surface area contributed by atoms with Gasteiger partial charge in [-0.15, -0.1) is 10.2 Å². The van der Waals surface area contributed by atoms with E-state index in [0.717, 1.165) is 17.5 Å². The average molecular weight is 371 g/mol. The minimum absolute atomic E-state index is 0.351. The number of methoxy groups -OCH3 is 1. The fourth-order valence-electron chi connectivity index (χ4n) is 3.02. The molecule has 0 aliphatic rings. The summed E-state index contributed by atoms with van der Waals surface area (Å²) in [6.07, 6.45) is -2.89. The maximum absolute atomic E-state index is 12.8. The van der Waals surface area contributed by atoms with Crippen molar-refractivity contribution in [1.82, 2.24) is 14.6 Å². The van der Waals surface area contributed by atoms with Gasteiger partial charge < -0.3 is 4.74 Å². The average Bonchev–Trinajstić information content (AvgIpc) is 3.14. The Kier molecular flexibility index (Phi) is 3.83. The van der Waals surface area contributed by atoms with Crippen LogP contribution in [-0.2, 0) is 10.9 Å². The number of ether oxygens (including phenoxy) is 1. The SMILES string of the molecule is COC(=O)c1ccc2c(-c3ccc(C(F)(F)F)cc3)cc3nncn3c2c1. The molecule has 0 atom stereocenters. The second-order valence-corrected chi connectivity index (χ2v) is 5.92. The van der Waals surface area contributed by atoms with Crippen LogP contribution in [0.4, 0.5) is 13.2 Å². The Bertz CT molecular complexity index is 1160. The van der Waals surface area contributed by atoms with Crippen molar-refractivity contribution in [3.05, 3.63) is 66.0 Å². The molecule has 0 aliphatic heterocycles. The van der Waals surface area contributed by atoms with E-state index in [4.69, 9.17) is 4.74 Å². The zero-order chi connectivity index (χ0) is 19.2. The van der Waals surface area contributed by atoms with E-state index in [9.17, 15) is 18.0 Å². The summed E-state index contributed by atoms with van der Waals surface area (Å²) in [5, 5.41) is 8.64. The van der Waals surface area contributed by atoms with Gasteiger partial charge in [0.05, 0.1) is 23.8 Å². The number of nitrogens with zero attached hydrogens (tertiary/aromatic N) is 3. The summed E-state index contributed by atoms with van der Waals surface area (Å²) < 4.78 is 44.9. The van der Waals surface area contributed by atoms with Crippen molar-refractivity contribution in [3.8, 4) is 11.1 Å². The van der Waals surface area contributed by atoms with Crippen LogP contribution in [0.15, 0.2) is 54.9 Å². The largest absolute Gasteiger partial charge is 0.465 e. The summed E-state index contributed by atoms with van der Waals surface area (Å²) in [6.45, 7) is 0. The van der Waals surface area contributed by atoms with E-state index in [2.05, 4.69) is 10.2 Å². The Morgan fingerprint density at radius 2 is 1.81 bits per heavy atom. The standard InChI is InChI=1S/C19H12F3N3O2/c1-27-18(26)12-4-7-14-15(9-17-24-23-10-25(17)16(14)8-12)11-2-5-13(6-3-11)19(20,21)22/h2-10H,1H3. The lowest BCUT2D eigenvalue weighted by Crippen LogP contribution is -2.04. The van der Waals surface area contributed by atoms with Crippen molar-refractivity contribution in [2.75, 3.05) is 7.11 Å². The number of hydrogen-bond donors (Lipinski definition) is 0. The molecule has 0 aliphatic carbocycles. The number of carbonyl (C=O) groups excluding carboxylic acids is 1. The Balaban J connectivity index is 1.95. The van der Waals surface area contributed by atoms with Crippen LogP contribution in [0.5, 0.6) is 0 Å². The molecule has 0 bridgehead atoms. The molecule has 0 saturated carbocycles. The summed E-state index contributed by atoms with van der Waals surface area (Å²) in [4.78, 5) is 11.8. The molecule has 2 heterocycles. The minimum atomic E-state index is -4.40. The molecule has 27 heavy (non-hydrogen) atoms. The molecule has 136 valence electrons. The summed E-state index contributed by atoms with van der Waals surface area (Å²) in [5.41, 5.74) is 2.09. The highest BCUT2D eigenvalue weighted by Gasteiger charge is 2.30. The van der Waals surface area contributed by atoms with Crippen LogP contribution in [0.1, 0.15) is 15.9 Å². The molecule has 0 radical (unpaired) electrons.